The molecule has 1 aromatic heterocycles. The third-order valence-corrected chi connectivity index (χ3v) is 12.2. The molecule has 8 unspecified atom stereocenters. The van der Waals surface area contributed by atoms with Gasteiger partial charge < -0.3 is 37.9 Å². The van der Waals surface area contributed by atoms with Crippen LogP contribution in [0.3, 0.4) is 0 Å². The van der Waals surface area contributed by atoms with Crippen molar-refractivity contribution in [1.82, 2.24) is 9.13 Å². The Bertz CT molecular complexity index is 2860. The molecule has 72 heavy (non-hydrogen) atoms. The summed E-state index contributed by atoms with van der Waals surface area (Å²) in [5, 5.41) is 0. The molecule has 0 spiro atoms. The summed E-state index contributed by atoms with van der Waals surface area (Å²) in [6.07, 6.45) is -7.99. The maximum atomic E-state index is 14.0. The van der Waals surface area contributed by atoms with Crippen molar-refractivity contribution >= 4 is 48.0 Å². The first-order valence-electron chi connectivity index (χ1n) is 22.7. The van der Waals surface area contributed by atoms with Gasteiger partial charge in [-0.2, -0.15) is 0 Å². The predicted octanol–water partition coefficient (Wildman–Crippen LogP) is 8.43. The van der Waals surface area contributed by atoms with E-state index in [1.807, 2.05) is 0 Å². The van der Waals surface area contributed by atoms with Gasteiger partial charge in [-0.1, -0.05) is 109 Å². The molecule has 0 aliphatic carbocycles. The Balaban J connectivity index is 1.09. The number of carbonyl (C=O) groups is 6. The van der Waals surface area contributed by atoms with Crippen molar-refractivity contribution in [3.8, 4) is 0 Å². The zero-order valence-corrected chi connectivity index (χ0v) is 38.8. The maximum Gasteiger partial charge on any atom is 0.338 e. The Morgan fingerprint density at radius 3 is 0.861 bits per heavy atom. The van der Waals surface area contributed by atoms with Gasteiger partial charge in [-0.25, -0.2) is 28.8 Å². The fourth-order valence-corrected chi connectivity index (χ4v) is 8.48. The molecule has 2 aliphatic heterocycles. The number of nitrogens with zero attached hydrogens (tertiary/aromatic N) is 2. The van der Waals surface area contributed by atoms with Crippen LogP contribution in [0.4, 0.5) is 0 Å². The van der Waals surface area contributed by atoms with Gasteiger partial charge in [0, 0.05) is 12.4 Å². The Hall–Kier alpha value is -8.51. The first kappa shape index (κ1) is 48.5. The van der Waals surface area contributed by atoms with Gasteiger partial charge in [-0.15, -0.1) is 0 Å². The monoisotopic (exact) mass is 988 g/mol. The fourth-order valence-electron chi connectivity index (χ4n) is 8.15. The maximum absolute atomic E-state index is 14.0. The molecule has 2 saturated heterocycles. The zero-order chi connectivity index (χ0) is 50.0. The van der Waals surface area contributed by atoms with Gasteiger partial charge in [-0.05, 0) is 85.0 Å². The lowest BCUT2D eigenvalue weighted by molar-refractivity contribution is -0.0695. The van der Waals surface area contributed by atoms with Crippen LogP contribution in [0.2, 0.25) is 0 Å². The van der Waals surface area contributed by atoms with E-state index in [0.717, 1.165) is 0 Å². The minimum Gasteiger partial charge on any atom is -0.459 e. The van der Waals surface area contributed by atoms with E-state index in [2.05, 4.69) is 0 Å². The molecule has 2 aliphatic rings. The van der Waals surface area contributed by atoms with Gasteiger partial charge in [0.2, 0.25) is 0 Å². The van der Waals surface area contributed by atoms with Crippen LogP contribution >= 0.6 is 12.2 Å². The average Bonchev–Trinajstić information content (AvgIpc) is 4.09. The topological polar surface area (TPSA) is 186 Å². The Kier molecular flexibility index (Phi) is 15.2. The highest BCUT2D eigenvalue weighted by atomic mass is 32.1. The van der Waals surface area contributed by atoms with E-state index in [4.69, 9.17) is 50.1 Å². The van der Waals surface area contributed by atoms with Gasteiger partial charge in [0.15, 0.2) is 41.6 Å². The van der Waals surface area contributed by atoms with E-state index in [0.29, 0.717) is 0 Å². The number of imidazole rings is 1. The molecule has 0 saturated carbocycles. The lowest BCUT2D eigenvalue weighted by atomic mass is 10.1. The lowest BCUT2D eigenvalue weighted by Gasteiger charge is -2.26. The van der Waals surface area contributed by atoms with E-state index >= 15 is 0 Å². The Morgan fingerprint density at radius 2 is 0.597 bits per heavy atom. The van der Waals surface area contributed by atoms with Crippen LogP contribution in [0.1, 0.15) is 74.6 Å². The number of hydrogen-bond donors (Lipinski definition) is 0. The van der Waals surface area contributed by atoms with Crippen molar-refractivity contribution < 1.29 is 66.7 Å². The second-order valence-corrected chi connectivity index (χ2v) is 16.8. The molecule has 364 valence electrons. The Morgan fingerprint density at radius 1 is 0.361 bits per heavy atom. The summed E-state index contributed by atoms with van der Waals surface area (Å²) in [4.78, 5) is 82.2. The summed E-state index contributed by atoms with van der Waals surface area (Å²) in [6.45, 7) is -0.934. The van der Waals surface area contributed by atoms with Crippen molar-refractivity contribution in [3.63, 3.8) is 0 Å². The minimum absolute atomic E-state index is 0.0725. The van der Waals surface area contributed by atoms with Crippen LogP contribution < -0.4 is 0 Å². The number of rotatable bonds is 16. The van der Waals surface area contributed by atoms with Crippen molar-refractivity contribution in [1.29, 1.82) is 0 Å². The highest BCUT2D eigenvalue weighted by Gasteiger charge is 2.54. The molecule has 0 N–H and O–H groups in total. The first-order chi connectivity index (χ1) is 35.1. The number of aromatic nitrogens is 2. The molecule has 0 bridgehead atoms. The number of ether oxygens (including phenoxy) is 8. The van der Waals surface area contributed by atoms with Crippen molar-refractivity contribution in [2.45, 2.75) is 49.1 Å². The predicted molar refractivity (Wildman–Crippen MR) is 257 cm³/mol. The molecule has 6 aromatic carbocycles. The van der Waals surface area contributed by atoms with Gasteiger partial charge in [0.1, 0.15) is 25.4 Å². The number of hydrogen-bond acceptors (Lipinski definition) is 15. The summed E-state index contributed by atoms with van der Waals surface area (Å²) in [7, 11) is 0. The summed E-state index contributed by atoms with van der Waals surface area (Å²) in [6, 6.07) is 48.9. The van der Waals surface area contributed by atoms with Gasteiger partial charge in [0.25, 0.3) is 0 Å². The standard InChI is InChI=1S/C55H44N2O14S/c58-49(35-19-7-1-8-20-35)64-33-41-43(68-51(60)37-23-11-3-12-24-37)45(70-53(62)39-27-15-5-16-28-39)47(66-41)56-31-32-57(55(56)72)48-46(71-54(63)40-29-17-6-18-30-40)44(69-52(61)38-25-13-4-14-26-38)42(67-48)34-65-50(59)36-21-9-2-10-22-36/h1-32,41-48H,33-34H2. The van der Waals surface area contributed by atoms with E-state index < -0.39 is 98.1 Å². The quantitative estimate of drug-likeness (QED) is 0.0510. The molecule has 8 atom stereocenters. The third kappa shape index (κ3) is 11.1. The summed E-state index contributed by atoms with van der Waals surface area (Å²) >= 11 is 6.14. The van der Waals surface area contributed by atoms with Crippen molar-refractivity contribution in [2.75, 3.05) is 13.2 Å². The average molecular weight is 989 g/mol. The van der Waals surface area contributed by atoms with Crippen LogP contribution in [-0.2, 0) is 37.9 Å². The normalized spacial score (nSPS) is 21.2. The van der Waals surface area contributed by atoms with Crippen molar-refractivity contribution in [3.05, 3.63) is 233 Å². The molecule has 9 rings (SSSR count). The number of esters is 6. The summed E-state index contributed by atoms with van der Waals surface area (Å²) in [5.41, 5.74) is 1.19. The molecular weight excluding hydrogens is 945 g/mol. The van der Waals surface area contributed by atoms with Gasteiger partial charge in [0.05, 0.1) is 33.4 Å². The van der Waals surface area contributed by atoms with E-state index in [1.54, 1.807) is 182 Å². The van der Waals surface area contributed by atoms with Crippen LogP contribution in [0.15, 0.2) is 194 Å². The molecular formula is C55H44N2O14S. The molecule has 2 fully saturated rings. The van der Waals surface area contributed by atoms with Gasteiger partial charge >= 0.3 is 35.8 Å². The molecule has 0 radical (unpaired) electrons. The van der Waals surface area contributed by atoms with Crippen LogP contribution in [0.25, 0.3) is 0 Å². The van der Waals surface area contributed by atoms with Gasteiger partial charge in [-0.3, -0.25) is 9.13 Å². The molecule has 7 aromatic rings. The van der Waals surface area contributed by atoms with Crippen LogP contribution in [-0.4, -0.2) is 94.8 Å². The minimum atomic E-state index is -1.45. The molecule has 3 heterocycles. The SMILES string of the molecule is O=C(OCC1OC(n2ccn(C3OC(COC(=O)c4ccccc4)C(OC(=O)c4ccccc4)C3OC(=O)c3ccccc3)c2=S)C(OC(=O)c2ccccc2)C1OC(=O)c1ccccc1)c1ccccc1. The van der Waals surface area contributed by atoms with E-state index in [-0.39, 0.29) is 38.2 Å². The van der Waals surface area contributed by atoms with Crippen LogP contribution in [0.5, 0.6) is 0 Å². The molecule has 0 amide bonds. The number of carbonyl (C=O) groups excluding carboxylic acids is 6. The largest absolute Gasteiger partial charge is 0.459 e. The van der Waals surface area contributed by atoms with Crippen LogP contribution in [0, 0.1) is 4.77 Å². The number of benzene rings is 6. The molecule has 17 heteroatoms. The van der Waals surface area contributed by atoms with Crippen molar-refractivity contribution in [2.24, 2.45) is 0 Å². The van der Waals surface area contributed by atoms with E-state index in [1.165, 1.54) is 21.5 Å². The Labute approximate surface area is 417 Å². The third-order valence-electron chi connectivity index (χ3n) is 11.7. The lowest BCUT2D eigenvalue weighted by Crippen LogP contribution is -2.41. The second-order valence-electron chi connectivity index (χ2n) is 16.4. The highest BCUT2D eigenvalue weighted by Crippen LogP contribution is 2.39. The fraction of sp³-hybridized carbons (Fsp3) is 0.182. The zero-order valence-electron chi connectivity index (χ0n) is 38.0. The highest BCUT2D eigenvalue weighted by molar-refractivity contribution is 7.71. The second kappa shape index (κ2) is 22.5. The first-order valence-corrected chi connectivity index (χ1v) is 23.1. The molecule has 16 nitrogen and oxygen atoms in total. The summed E-state index contributed by atoms with van der Waals surface area (Å²) < 4.78 is 52.0. The smallest absolute Gasteiger partial charge is 0.338 e. The van der Waals surface area contributed by atoms with E-state index in [9.17, 15) is 28.8 Å². The summed E-state index contributed by atoms with van der Waals surface area (Å²) in [5.74, 6) is -4.57.